The van der Waals surface area contributed by atoms with E-state index in [0.29, 0.717) is 36.4 Å². The molecule has 1 aromatic rings. The van der Waals surface area contributed by atoms with Crippen LogP contribution in [0.15, 0.2) is 0 Å². The fraction of sp³-hybridized carbons (Fsp3) is 0.750. The highest BCUT2D eigenvalue weighted by molar-refractivity contribution is 6.28. The van der Waals surface area contributed by atoms with Gasteiger partial charge in [-0.05, 0) is 43.8 Å². The molecule has 2 amide bonds. The van der Waals surface area contributed by atoms with E-state index in [2.05, 4.69) is 27.2 Å². The van der Waals surface area contributed by atoms with Crippen molar-refractivity contribution in [3.8, 4) is 0 Å². The number of nitrogens with zero attached hydrogens (tertiary/aromatic N) is 5. The molecule has 0 unspecified atom stereocenters. The number of anilines is 1. The zero-order chi connectivity index (χ0) is 24.9. The van der Waals surface area contributed by atoms with Gasteiger partial charge in [0, 0.05) is 25.2 Å². The molecule has 1 saturated heterocycles. The topological polar surface area (TPSA) is 102 Å². The molecule has 3 atom stereocenters. The summed E-state index contributed by atoms with van der Waals surface area (Å²) in [5.74, 6) is -0.922. The number of hydrogen-bond acceptors (Lipinski definition) is 7. The number of hydroxylamine groups is 2. The van der Waals surface area contributed by atoms with Crippen LogP contribution in [-0.2, 0) is 16.1 Å². The van der Waals surface area contributed by atoms with Crippen molar-refractivity contribution in [1.82, 2.24) is 25.2 Å². The van der Waals surface area contributed by atoms with Crippen LogP contribution in [0, 0.1) is 17.7 Å². The van der Waals surface area contributed by atoms with Gasteiger partial charge in [0.1, 0.15) is 5.69 Å². The summed E-state index contributed by atoms with van der Waals surface area (Å²) in [5.41, 5.74) is 0.0375. The van der Waals surface area contributed by atoms with Gasteiger partial charge in [-0.15, -0.1) is 0 Å². The minimum Gasteiger partial charge on any atom is -0.350 e. The molecule has 2 saturated carbocycles. The molecule has 2 aliphatic carbocycles. The molecule has 2 heterocycles. The number of carbonyl (C=O) groups is 2. The van der Waals surface area contributed by atoms with Gasteiger partial charge in [0.25, 0.3) is 0 Å². The number of amides is 2. The molecule has 194 valence electrons. The molecule has 0 radical (unpaired) electrons. The van der Waals surface area contributed by atoms with Gasteiger partial charge in [-0.2, -0.15) is 4.98 Å². The molecule has 2 N–H and O–H groups in total. The maximum absolute atomic E-state index is 15.7. The standard InChI is InChI=1S/C24H36ClFN6O3/c1-30-10-11-32(20-9-5-4-8-19(20)30)22-21(26)18(28-24(25)29-22)13-27-23(34)17(14-31(35)15-33)12-16-6-2-3-7-16/h15-17,19-20,35H,2-14H2,1H3,(H,27,34)/t17-,19-,20+/m1/s1. The third kappa shape index (κ3) is 6.21. The number of nitrogens with one attached hydrogen (secondary N) is 1. The van der Waals surface area contributed by atoms with Gasteiger partial charge in [0.05, 0.1) is 19.0 Å². The van der Waals surface area contributed by atoms with Crippen molar-refractivity contribution in [1.29, 1.82) is 0 Å². The van der Waals surface area contributed by atoms with Gasteiger partial charge in [-0.3, -0.25) is 19.7 Å². The van der Waals surface area contributed by atoms with Crippen LogP contribution < -0.4 is 10.2 Å². The van der Waals surface area contributed by atoms with Crippen LogP contribution in [0.5, 0.6) is 0 Å². The second-order valence-corrected chi connectivity index (χ2v) is 10.5. The molecule has 4 rings (SSSR count). The molecular weight excluding hydrogens is 475 g/mol. The highest BCUT2D eigenvalue weighted by Crippen LogP contribution is 2.34. The lowest BCUT2D eigenvalue weighted by Gasteiger charge is -2.49. The van der Waals surface area contributed by atoms with Crippen LogP contribution in [0.25, 0.3) is 0 Å². The zero-order valence-corrected chi connectivity index (χ0v) is 21.1. The van der Waals surface area contributed by atoms with Crippen molar-refractivity contribution < 1.29 is 19.2 Å². The number of fused-ring (bicyclic) bond motifs is 1. The van der Waals surface area contributed by atoms with Crippen molar-refractivity contribution >= 4 is 29.7 Å². The van der Waals surface area contributed by atoms with Crippen LogP contribution in [0.1, 0.15) is 63.5 Å². The predicted molar refractivity (Wildman–Crippen MR) is 129 cm³/mol. The van der Waals surface area contributed by atoms with E-state index in [-0.39, 0.29) is 41.8 Å². The second kappa shape index (κ2) is 11.8. The van der Waals surface area contributed by atoms with Crippen molar-refractivity contribution in [2.75, 3.05) is 31.6 Å². The Morgan fingerprint density at radius 1 is 1.20 bits per heavy atom. The summed E-state index contributed by atoms with van der Waals surface area (Å²) >= 11 is 6.21. The van der Waals surface area contributed by atoms with Crippen molar-refractivity contribution in [2.45, 2.75) is 76.4 Å². The Morgan fingerprint density at radius 3 is 2.60 bits per heavy atom. The first-order valence-corrected chi connectivity index (χ1v) is 13.1. The molecule has 0 spiro atoms. The third-order valence-electron chi connectivity index (χ3n) is 7.92. The Hall–Kier alpha value is -2.04. The smallest absolute Gasteiger partial charge is 0.233 e. The van der Waals surface area contributed by atoms with E-state index < -0.39 is 11.7 Å². The molecule has 11 heteroatoms. The highest BCUT2D eigenvalue weighted by atomic mass is 35.5. The summed E-state index contributed by atoms with van der Waals surface area (Å²) < 4.78 is 15.7. The lowest BCUT2D eigenvalue weighted by molar-refractivity contribution is -0.155. The Kier molecular flexibility index (Phi) is 8.77. The number of piperazine rings is 1. The van der Waals surface area contributed by atoms with Gasteiger partial charge in [0.15, 0.2) is 11.6 Å². The number of rotatable bonds is 9. The van der Waals surface area contributed by atoms with E-state index >= 15 is 4.39 Å². The molecule has 0 bridgehead atoms. The quantitative estimate of drug-likeness (QED) is 0.228. The van der Waals surface area contributed by atoms with E-state index in [1.807, 2.05) is 4.90 Å². The Bertz CT molecular complexity index is 902. The molecule has 0 aromatic carbocycles. The van der Waals surface area contributed by atoms with E-state index in [1.54, 1.807) is 0 Å². The normalized spacial score (nSPS) is 24.2. The summed E-state index contributed by atoms with van der Waals surface area (Å²) in [6, 6.07) is 0.518. The van der Waals surface area contributed by atoms with Gasteiger partial charge in [0.2, 0.25) is 17.6 Å². The molecule has 35 heavy (non-hydrogen) atoms. The van der Waals surface area contributed by atoms with Gasteiger partial charge < -0.3 is 10.2 Å². The van der Waals surface area contributed by atoms with E-state index in [1.165, 1.54) is 6.42 Å². The fourth-order valence-electron chi connectivity index (χ4n) is 6.08. The average Bonchev–Trinajstić information content (AvgIpc) is 3.37. The lowest BCUT2D eigenvalue weighted by Crippen LogP contribution is -2.60. The number of hydrogen-bond donors (Lipinski definition) is 2. The molecule has 3 aliphatic rings. The maximum atomic E-state index is 15.7. The fourth-order valence-corrected chi connectivity index (χ4v) is 6.27. The first kappa shape index (κ1) is 26.0. The Morgan fingerprint density at radius 2 is 1.89 bits per heavy atom. The SMILES string of the molecule is CN1CCN(c2nc(Cl)nc(CNC(=O)[C@H](CC3CCCC3)CN(O)C=O)c2F)[C@H]2CCCC[C@H]21. The monoisotopic (exact) mass is 510 g/mol. The Labute approximate surface area is 211 Å². The van der Waals surface area contributed by atoms with Crippen LogP contribution in [-0.4, -0.2) is 76.2 Å². The average molecular weight is 511 g/mol. The minimum absolute atomic E-state index is 0.0375. The molecule has 3 fully saturated rings. The van der Waals surface area contributed by atoms with Crippen LogP contribution in [0.3, 0.4) is 0 Å². The van der Waals surface area contributed by atoms with E-state index in [9.17, 15) is 14.8 Å². The van der Waals surface area contributed by atoms with Gasteiger partial charge >= 0.3 is 0 Å². The molecule has 1 aliphatic heterocycles. The van der Waals surface area contributed by atoms with Crippen molar-refractivity contribution in [3.05, 3.63) is 16.8 Å². The summed E-state index contributed by atoms with van der Waals surface area (Å²) in [6.45, 7) is 1.21. The van der Waals surface area contributed by atoms with E-state index in [0.717, 1.165) is 51.5 Å². The summed E-state index contributed by atoms with van der Waals surface area (Å²) in [5, 5.41) is 12.9. The minimum atomic E-state index is -0.589. The van der Waals surface area contributed by atoms with Gasteiger partial charge in [-0.25, -0.2) is 14.4 Å². The highest BCUT2D eigenvalue weighted by Gasteiger charge is 2.38. The first-order valence-electron chi connectivity index (χ1n) is 12.7. The number of likely N-dealkylation sites (N-methyl/N-ethyl adjacent to an activating group) is 1. The van der Waals surface area contributed by atoms with Crippen molar-refractivity contribution in [3.63, 3.8) is 0 Å². The van der Waals surface area contributed by atoms with Crippen LogP contribution in [0.4, 0.5) is 10.2 Å². The molecular formula is C24H36ClFN6O3. The number of aromatic nitrogens is 2. The lowest BCUT2D eigenvalue weighted by atomic mass is 9.86. The van der Waals surface area contributed by atoms with Crippen molar-refractivity contribution in [2.24, 2.45) is 11.8 Å². The van der Waals surface area contributed by atoms with Crippen LogP contribution >= 0.6 is 11.6 Å². The maximum Gasteiger partial charge on any atom is 0.233 e. The third-order valence-corrected chi connectivity index (χ3v) is 8.09. The second-order valence-electron chi connectivity index (χ2n) is 10.2. The summed E-state index contributed by atoms with van der Waals surface area (Å²) in [4.78, 5) is 36.6. The summed E-state index contributed by atoms with van der Waals surface area (Å²) in [6.07, 6.45) is 9.48. The van der Waals surface area contributed by atoms with Crippen LogP contribution in [0.2, 0.25) is 5.28 Å². The molecule has 9 nitrogen and oxygen atoms in total. The zero-order valence-electron chi connectivity index (χ0n) is 20.3. The summed E-state index contributed by atoms with van der Waals surface area (Å²) in [7, 11) is 2.12. The van der Waals surface area contributed by atoms with E-state index in [4.69, 9.17) is 11.6 Å². The largest absolute Gasteiger partial charge is 0.350 e. The number of halogens is 2. The molecule has 1 aromatic heterocycles. The number of carbonyl (C=O) groups excluding carboxylic acids is 2. The predicted octanol–water partition coefficient (Wildman–Crippen LogP) is 2.99. The first-order chi connectivity index (χ1) is 16.9. The Balaban J connectivity index is 1.48. The van der Waals surface area contributed by atoms with Gasteiger partial charge in [-0.1, -0.05) is 38.5 Å².